The summed E-state index contributed by atoms with van der Waals surface area (Å²) in [4.78, 5) is 22.8. The van der Waals surface area contributed by atoms with Gasteiger partial charge in [-0.2, -0.15) is 0 Å². The second kappa shape index (κ2) is 5.48. The Morgan fingerprint density at radius 3 is 2.76 bits per heavy atom. The molecule has 2 rings (SSSR count). The third kappa shape index (κ3) is 2.76. The lowest BCUT2D eigenvalue weighted by atomic mass is 9.79. The predicted octanol–water partition coefficient (Wildman–Crippen LogP) is 2.85. The average Bonchev–Trinajstić information content (AvgIpc) is 2.61. The number of esters is 2. The Morgan fingerprint density at radius 1 is 1.18 bits per heavy atom. The van der Waals surface area contributed by atoms with Crippen LogP contribution in [0.2, 0.25) is 0 Å². The number of rotatable bonds is 5. The molecule has 94 valence electrons. The third-order valence-corrected chi connectivity index (χ3v) is 3.79. The first-order valence-electron chi connectivity index (χ1n) is 6.66. The fourth-order valence-electron chi connectivity index (χ4n) is 2.74. The molecule has 1 heterocycles. The van der Waals surface area contributed by atoms with Crippen LogP contribution in [0.25, 0.3) is 0 Å². The molecule has 0 aromatic rings. The second-order valence-corrected chi connectivity index (χ2v) is 5.10. The topological polar surface area (TPSA) is 43.4 Å². The number of fused-ring (bicyclic) bond motifs is 1. The van der Waals surface area contributed by atoms with Crippen LogP contribution in [0, 0.1) is 17.8 Å². The number of hydrogen-bond donors (Lipinski definition) is 0. The summed E-state index contributed by atoms with van der Waals surface area (Å²) >= 11 is 0. The van der Waals surface area contributed by atoms with Gasteiger partial charge in [-0.3, -0.25) is 9.59 Å². The highest BCUT2D eigenvalue weighted by Gasteiger charge is 2.45. The van der Waals surface area contributed by atoms with Gasteiger partial charge in [-0.25, -0.2) is 0 Å². The summed E-state index contributed by atoms with van der Waals surface area (Å²) in [5, 5.41) is 0. The second-order valence-electron chi connectivity index (χ2n) is 5.10. The highest BCUT2D eigenvalue weighted by atomic mass is 16.6. The first-order chi connectivity index (χ1) is 8.22. The van der Waals surface area contributed by atoms with Gasteiger partial charge in [0, 0.05) is 0 Å². The molecule has 1 aliphatic heterocycles. The van der Waals surface area contributed by atoms with Crippen LogP contribution in [0.15, 0.2) is 12.2 Å². The van der Waals surface area contributed by atoms with Gasteiger partial charge in [-0.05, 0) is 18.8 Å². The van der Waals surface area contributed by atoms with E-state index >= 15 is 0 Å². The summed E-state index contributed by atoms with van der Waals surface area (Å²) < 4.78 is 4.67. The molecule has 3 nitrogen and oxygen atoms in total. The van der Waals surface area contributed by atoms with Crippen molar-refractivity contribution < 1.29 is 14.3 Å². The monoisotopic (exact) mass is 236 g/mol. The predicted molar refractivity (Wildman–Crippen MR) is 64.1 cm³/mol. The molecular formula is C14H20O3. The zero-order valence-corrected chi connectivity index (χ0v) is 10.4. The average molecular weight is 236 g/mol. The van der Waals surface area contributed by atoms with Gasteiger partial charge in [-0.15, -0.1) is 0 Å². The van der Waals surface area contributed by atoms with Crippen LogP contribution >= 0.6 is 0 Å². The highest BCUT2D eigenvalue weighted by molar-refractivity contribution is 5.97. The summed E-state index contributed by atoms with van der Waals surface area (Å²) in [5.74, 6) is -0.729. The number of unbranched alkanes of at least 4 members (excludes halogenated alkanes) is 3. The standard InChI is InChI=1S/C14H20O3/c1-2-3-4-5-6-10-7-8-11-12(9-10)14(16)17-13(11)15/h7-8,10-12H,2-6,9H2,1H3. The SMILES string of the molecule is CCCCCCC1C=CC2C(=O)OC(=O)C2C1. The zero-order valence-electron chi connectivity index (χ0n) is 10.4. The molecule has 0 saturated carbocycles. The number of carbonyl (C=O) groups excluding carboxylic acids is 2. The zero-order chi connectivity index (χ0) is 12.3. The van der Waals surface area contributed by atoms with Crippen LogP contribution in [0.5, 0.6) is 0 Å². The molecule has 0 aromatic heterocycles. The van der Waals surface area contributed by atoms with E-state index in [1.165, 1.54) is 25.7 Å². The van der Waals surface area contributed by atoms with Gasteiger partial charge in [0.2, 0.25) is 0 Å². The molecule has 3 unspecified atom stereocenters. The highest BCUT2D eigenvalue weighted by Crippen LogP contribution is 2.36. The molecule has 1 fully saturated rings. The molecular weight excluding hydrogens is 216 g/mol. The summed E-state index contributed by atoms with van der Waals surface area (Å²) in [7, 11) is 0. The maximum absolute atomic E-state index is 11.5. The molecule has 0 radical (unpaired) electrons. The summed E-state index contributed by atoms with van der Waals surface area (Å²) in [5.41, 5.74) is 0. The molecule has 0 amide bonds. The molecule has 0 N–H and O–H groups in total. The molecule has 1 saturated heterocycles. The maximum atomic E-state index is 11.5. The number of cyclic esters (lactones) is 2. The van der Waals surface area contributed by atoms with Crippen LogP contribution < -0.4 is 0 Å². The van der Waals surface area contributed by atoms with Crippen molar-refractivity contribution in [2.24, 2.45) is 17.8 Å². The first kappa shape index (κ1) is 12.3. The van der Waals surface area contributed by atoms with Gasteiger partial charge in [0.05, 0.1) is 11.8 Å². The lowest BCUT2D eigenvalue weighted by molar-refractivity contribution is -0.153. The number of ether oxygens (including phenoxy) is 1. The van der Waals surface area contributed by atoms with Crippen molar-refractivity contribution in [3.05, 3.63) is 12.2 Å². The van der Waals surface area contributed by atoms with Crippen molar-refractivity contribution >= 4 is 11.9 Å². The Balaban J connectivity index is 1.84. The van der Waals surface area contributed by atoms with Crippen molar-refractivity contribution in [3.63, 3.8) is 0 Å². The van der Waals surface area contributed by atoms with E-state index in [-0.39, 0.29) is 23.8 Å². The van der Waals surface area contributed by atoms with Crippen LogP contribution in [-0.4, -0.2) is 11.9 Å². The van der Waals surface area contributed by atoms with Gasteiger partial charge in [0.25, 0.3) is 0 Å². The Kier molecular flexibility index (Phi) is 3.97. The molecule has 0 aromatic carbocycles. The molecule has 2 aliphatic rings. The maximum Gasteiger partial charge on any atom is 0.321 e. The van der Waals surface area contributed by atoms with Crippen molar-refractivity contribution in [3.8, 4) is 0 Å². The van der Waals surface area contributed by atoms with Gasteiger partial charge < -0.3 is 4.74 Å². The normalized spacial score (nSPS) is 31.5. The minimum atomic E-state index is -0.360. The van der Waals surface area contributed by atoms with E-state index < -0.39 is 0 Å². The number of allylic oxidation sites excluding steroid dienone is 1. The summed E-state index contributed by atoms with van der Waals surface area (Å²) in [6.07, 6.45) is 10.9. The van der Waals surface area contributed by atoms with Crippen molar-refractivity contribution in [2.75, 3.05) is 0 Å². The minimum Gasteiger partial charge on any atom is -0.392 e. The fraction of sp³-hybridized carbons (Fsp3) is 0.714. The minimum absolute atomic E-state index is 0.205. The Morgan fingerprint density at radius 2 is 2.00 bits per heavy atom. The van der Waals surface area contributed by atoms with Crippen molar-refractivity contribution in [2.45, 2.75) is 45.4 Å². The molecule has 3 heteroatoms. The van der Waals surface area contributed by atoms with Crippen LogP contribution in [0.1, 0.15) is 45.4 Å². The van der Waals surface area contributed by atoms with Gasteiger partial charge >= 0.3 is 11.9 Å². The number of carbonyl (C=O) groups is 2. The van der Waals surface area contributed by atoms with Crippen molar-refractivity contribution in [1.29, 1.82) is 0 Å². The Hall–Kier alpha value is -1.12. The van der Waals surface area contributed by atoms with Crippen LogP contribution in [0.3, 0.4) is 0 Å². The summed E-state index contributed by atoms with van der Waals surface area (Å²) in [6, 6.07) is 0. The van der Waals surface area contributed by atoms with E-state index in [0.29, 0.717) is 5.92 Å². The smallest absolute Gasteiger partial charge is 0.321 e. The summed E-state index contributed by atoms with van der Waals surface area (Å²) in [6.45, 7) is 2.20. The van der Waals surface area contributed by atoms with E-state index in [2.05, 4.69) is 17.7 Å². The van der Waals surface area contributed by atoms with Gasteiger partial charge in [0.1, 0.15) is 0 Å². The lowest BCUT2D eigenvalue weighted by Crippen LogP contribution is -2.23. The first-order valence-corrected chi connectivity index (χ1v) is 6.66. The Bertz CT molecular complexity index is 332. The molecule has 17 heavy (non-hydrogen) atoms. The van der Waals surface area contributed by atoms with E-state index in [4.69, 9.17) is 0 Å². The van der Waals surface area contributed by atoms with E-state index in [1.54, 1.807) is 0 Å². The number of hydrogen-bond acceptors (Lipinski definition) is 3. The lowest BCUT2D eigenvalue weighted by Gasteiger charge is -2.22. The molecule has 1 aliphatic carbocycles. The van der Waals surface area contributed by atoms with Crippen LogP contribution in [-0.2, 0) is 14.3 Å². The molecule has 0 bridgehead atoms. The molecule has 3 atom stereocenters. The Labute approximate surface area is 102 Å². The molecule has 0 spiro atoms. The van der Waals surface area contributed by atoms with E-state index in [0.717, 1.165) is 12.8 Å². The fourth-order valence-corrected chi connectivity index (χ4v) is 2.74. The van der Waals surface area contributed by atoms with E-state index in [9.17, 15) is 9.59 Å². The quantitative estimate of drug-likeness (QED) is 0.319. The van der Waals surface area contributed by atoms with Crippen molar-refractivity contribution in [1.82, 2.24) is 0 Å². The van der Waals surface area contributed by atoms with E-state index in [1.807, 2.05) is 6.08 Å². The van der Waals surface area contributed by atoms with Crippen LogP contribution in [0.4, 0.5) is 0 Å². The third-order valence-electron chi connectivity index (χ3n) is 3.79. The van der Waals surface area contributed by atoms with Gasteiger partial charge in [-0.1, -0.05) is 44.8 Å². The van der Waals surface area contributed by atoms with Gasteiger partial charge in [0.15, 0.2) is 0 Å². The largest absolute Gasteiger partial charge is 0.392 e.